The minimum atomic E-state index is 0.361. The average Bonchev–Trinajstić information content (AvgIpc) is 2.71. The minimum Gasteiger partial charge on any atom is -0.382 e. The van der Waals surface area contributed by atoms with Gasteiger partial charge in [0.1, 0.15) is 16.6 Å². The Morgan fingerprint density at radius 1 is 1.59 bits per heavy atom. The first-order chi connectivity index (χ1) is 8.17. The summed E-state index contributed by atoms with van der Waals surface area (Å²) in [6, 6.07) is 2.69. The van der Waals surface area contributed by atoms with Crippen molar-refractivity contribution < 1.29 is 0 Å². The Morgan fingerprint density at radius 3 is 3.00 bits per heavy atom. The average molecular weight is 251 g/mol. The first-order valence-electron chi connectivity index (χ1n) is 5.77. The number of rotatable bonds is 2. The van der Waals surface area contributed by atoms with Crippen molar-refractivity contribution >= 4 is 22.4 Å². The maximum Gasteiger partial charge on any atom is 0.157 e. The van der Waals surface area contributed by atoms with Gasteiger partial charge in [-0.25, -0.2) is 0 Å². The van der Waals surface area contributed by atoms with Gasteiger partial charge in [-0.3, -0.25) is 4.90 Å². The topological polar surface area (TPSA) is 69.2 Å². The molecule has 5 nitrogen and oxygen atoms in total. The molecule has 0 bridgehead atoms. The number of nitrogens with zero attached hydrogens (tertiary/aromatic N) is 4. The van der Waals surface area contributed by atoms with Crippen molar-refractivity contribution in [3.8, 4) is 6.07 Å². The van der Waals surface area contributed by atoms with Crippen molar-refractivity contribution in [3.05, 3.63) is 5.56 Å². The summed E-state index contributed by atoms with van der Waals surface area (Å²) in [5.74, 6) is 0.361. The summed E-state index contributed by atoms with van der Waals surface area (Å²) in [5.41, 5.74) is 6.23. The number of anilines is 2. The maximum absolute atomic E-state index is 9.09. The van der Waals surface area contributed by atoms with Gasteiger partial charge in [-0.1, -0.05) is 6.92 Å². The molecular formula is C11H17N5S. The maximum atomic E-state index is 9.09. The van der Waals surface area contributed by atoms with Crippen LogP contribution in [0.2, 0.25) is 0 Å². The van der Waals surface area contributed by atoms with Crippen molar-refractivity contribution in [1.82, 2.24) is 9.27 Å². The van der Waals surface area contributed by atoms with Crippen LogP contribution in [0.4, 0.5) is 10.8 Å². The molecule has 0 saturated carbocycles. The van der Waals surface area contributed by atoms with E-state index in [4.69, 9.17) is 11.0 Å². The van der Waals surface area contributed by atoms with Gasteiger partial charge in [-0.15, -0.1) is 0 Å². The summed E-state index contributed by atoms with van der Waals surface area (Å²) < 4.78 is 4.07. The van der Waals surface area contributed by atoms with Crippen LogP contribution in [0.15, 0.2) is 0 Å². The van der Waals surface area contributed by atoms with Crippen molar-refractivity contribution in [1.29, 1.82) is 5.26 Å². The molecule has 0 spiro atoms. The molecule has 1 aromatic heterocycles. The quantitative estimate of drug-likeness (QED) is 0.853. The largest absolute Gasteiger partial charge is 0.382 e. The number of nitrogens with two attached hydrogens (primary N) is 1. The first kappa shape index (κ1) is 12.1. The highest BCUT2D eigenvalue weighted by molar-refractivity contribution is 7.10. The molecule has 2 N–H and O–H groups in total. The lowest BCUT2D eigenvalue weighted by Gasteiger charge is -2.39. The van der Waals surface area contributed by atoms with Gasteiger partial charge in [0.2, 0.25) is 0 Å². The van der Waals surface area contributed by atoms with Gasteiger partial charge in [-0.05, 0) is 25.0 Å². The van der Waals surface area contributed by atoms with Crippen molar-refractivity contribution in [2.45, 2.75) is 19.4 Å². The van der Waals surface area contributed by atoms with E-state index in [1.165, 1.54) is 11.5 Å². The highest BCUT2D eigenvalue weighted by Gasteiger charge is 2.26. The zero-order valence-electron chi connectivity index (χ0n) is 10.2. The lowest BCUT2D eigenvalue weighted by atomic mass is 10.1. The van der Waals surface area contributed by atoms with E-state index in [0.29, 0.717) is 17.4 Å². The van der Waals surface area contributed by atoms with Gasteiger partial charge in [0.25, 0.3) is 0 Å². The Balaban J connectivity index is 2.21. The smallest absolute Gasteiger partial charge is 0.157 e. The highest BCUT2D eigenvalue weighted by atomic mass is 32.1. The molecule has 0 amide bonds. The van der Waals surface area contributed by atoms with E-state index >= 15 is 0 Å². The van der Waals surface area contributed by atoms with Gasteiger partial charge in [0.05, 0.1) is 0 Å². The van der Waals surface area contributed by atoms with Crippen LogP contribution in [-0.2, 0) is 0 Å². The van der Waals surface area contributed by atoms with Crippen molar-refractivity contribution in [2.75, 3.05) is 37.3 Å². The Morgan fingerprint density at radius 2 is 2.35 bits per heavy atom. The molecule has 17 heavy (non-hydrogen) atoms. The van der Waals surface area contributed by atoms with E-state index in [-0.39, 0.29) is 0 Å². The number of aromatic nitrogens is 1. The third kappa shape index (κ3) is 2.21. The normalized spacial score (nSPS) is 21.5. The summed E-state index contributed by atoms with van der Waals surface area (Å²) in [6.07, 6.45) is 1.11. The van der Waals surface area contributed by atoms with E-state index in [9.17, 15) is 0 Å². The predicted octanol–water partition coefficient (Wildman–Crippen LogP) is 1.13. The molecule has 92 valence electrons. The van der Waals surface area contributed by atoms with E-state index in [0.717, 1.165) is 31.1 Å². The van der Waals surface area contributed by atoms with E-state index in [1.54, 1.807) is 0 Å². The molecule has 1 saturated heterocycles. The molecule has 0 radical (unpaired) electrons. The molecule has 1 atom stereocenters. The van der Waals surface area contributed by atoms with Gasteiger partial charge < -0.3 is 10.6 Å². The van der Waals surface area contributed by atoms with Gasteiger partial charge in [-0.2, -0.15) is 9.64 Å². The second-order valence-electron chi connectivity index (χ2n) is 4.35. The van der Waals surface area contributed by atoms with E-state index in [2.05, 4.69) is 34.2 Å². The van der Waals surface area contributed by atoms with E-state index in [1.807, 2.05) is 0 Å². The van der Waals surface area contributed by atoms with Crippen LogP contribution in [0.1, 0.15) is 18.9 Å². The lowest BCUT2D eigenvalue weighted by Crippen LogP contribution is -2.51. The second-order valence-corrected chi connectivity index (χ2v) is 5.10. The van der Waals surface area contributed by atoms with Crippen LogP contribution in [0.25, 0.3) is 0 Å². The van der Waals surface area contributed by atoms with Crippen molar-refractivity contribution in [3.63, 3.8) is 0 Å². The first-order valence-corrected chi connectivity index (χ1v) is 6.55. The second kappa shape index (κ2) is 4.90. The number of nitrogen functional groups attached to an aromatic ring is 1. The number of likely N-dealkylation sites (N-methyl/N-ethyl adjacent to an activating group) is 1. The number of piperazine rings is 1. The Hall–Kier alpha value is -1.32. The Kier molecular flexibility index (Phi) is 3.50. The minimum absolute atomic E-state index is 0.361. The molecule has 1 unspecified atom stereocenters. The van der Waals surface area contributed by atoms with Crippen LogP contribution in [-0.4, -0.2) is 42.0 Å². The number of hydrogen-bond donors (Lipinski definition) is 1. The highest BCUT2D eigenvalue weighted by Crippen LogP contribution is 2.31. The monoisotopic (exact) mass is 251 g/mol. The zero-order valence-corrected chi connectivity index (χ0v) is 11.0. The third-order valence-electron chi connectivity index (χ3n) is 3.35. The molecule has 0 aliphatic carbocycles. The molecule has 1 aromatic rings. The number of hydrogen-bond acceptors (Lipinski definition) is 6. The summed E-state index contributed by atoms with van der Waals surface area (Å²) >= 11 is 1.33. The van der Waals surface area contributed by atoms with Crippen LogP contribution >= 0.6 is 11.5 Å². The zero-order chi connectivity index (χ0) is 12.4. The molecule has 0 aromatic carbocycles. The molecule has 2 heterocycles. The summed E-state index contributed by atoms with van der Waals surface area (Å²) in [4.78, 5) is 4.60. The predicted molar refractivity (Wildman–Crippen MR) is 70.2 cm³/mol. The Labute approximate surface area is 106 Å². The fraction of sp³-hybridized carbons (Fsp3) is 0.636. The van der Waals surface area contributed by atoms with Crippen molar-refractivity contribution in [2.24, 2.45) is 0 Å². The van der Waals surface area contributed by atoms with Crippen LogP contribution in [0.5, 0.6) is 0 Å². The molecule has 1 aliphatic heterocycles. The lowest BCUT2D eigenvalue weighted by molar-refractivity contribution is 0.214. The molecule has 2 rings (SSSR count). The van der Waals surface area contributed by atoms with Crippen LogP contribution in [0.3, 0.4) is 0 Å². The fourth-order valence-electron chi connectivity index (χ4n) is 2.19. The van der Waals surface area contributed by atoms with Gasteiger partial charge in [0.15, 0.2) is 5.82 Å². The van der Waals surface area contributed by atoms with Gasteiger partial charge in [0, 0.05) is 25.7 Å². The standard InChI is InChI=1S/C11H17N5S/c1-3-8-7-16(5-4-15(8)2)11-9(6-12)10(13)14-17-11/h8H,3-5,7H2,1-2H3,(H2,13,14). The SMILES string of the molecule is CCC1CN(c2snc(N)c2C#N)CCN1C. The summed E-state index contributed by atoms with van der Waals surface area (Å²) in [5, 5.41) is 10.0. The summed E-state index contributed by atoms with van der Waals surface area (Å²) in [6.45, 7) is 5.09. The molecular weight excluding hydrogens is 234 g/mol. The third-order valence-corrected chi connectivity index (χ3v) is 4.27. The van der Waals surface area contributed by atoms with E-state index < -0.39 is 0 Å². The molecule has 1 fully saturated rings. The van der Waals surface area contributed by atoms with Crippen LogP contribution in [0, 0.1) is 11.3 Å². The van der Waals surface area contributed by atoms with Crippen LogP contribution < -0.4 is 10.6 Å². The van der Waals surface area contributed by atoms with Gasteiger partial charge >= 0.3 is 0 Å². The Bertz CT molecular complexity index is 436. The summed E-state index contributed by atoms with van der Waals surface area (Å²) in [7, 11) is 2.15. The molecule has 1 aliphatic rings. The fourth-order valence-corrected chi connectivity index (χ4v) is 2.98. The number of nitriles is 1. The molecule has 6 heteroatoms.